The molecule has 0 spiro atoms. The number of oxime groups is 1. The van der Waals surface area contributed by atoms with Crippen LogP contribution < -0.4 is 10.5 Å². The van der Waals surface area contributed by atoms with Gasteiger partial charge >= 0.3 is 0 Å². The molecule has 0 atom stereocenters. The van der Waals surface area contributed by atoms with Crippen molar-refractivity contribution in [1.29, 1.82) is 0 Å². The van der Waals surface area contributed by atoms with Crippen molar-refractivity contribution in [3.63, 3.8) is 0 Å². The van der Waals surface area contributed by atoms with Crippen LogP contribution in [0, 0.1) is 13.8 Å². The summed E-state index contributed by atoms with van der Waals surface area (Å²) >= 11 is 0. The lowest BCUT2D eigenvalue weighted by molar-refractivity contribution is 0.318. The number of nitrogens with zero attached hydrogens (tertiary/aromatic N) is 1. The van der Waals surface area contributed by atoms with Crippen molar-refractivity contribution in [2.45, 2.75) is 13.8 Å². The van der Waals surface area contributed by atoms with Gasteiger partial charge < -0.3 is 15.7 Å². The molecule has 0 aromatic heterocycles. The van der Waals surface area contributed by atoms with Gasteiger partial charge in [-0.2, -0.15) is 0 Å². The molecule has 0 saturated carbocycles. The Morgan fingerprint density at radius 3 is 2.47 bits per heavy atom. The van der Waals surface area contributed by atoms with Gasteiger partial charge in [0.1, 0.15) is 11.5 Å². The predicted molar refractivity (Wildman–Crippen MR) is 74.9 cm³/mol. The monoisotopic (exact) mass is 256 g/mol. The van der Waals surface area contributed by atoms with Gasteiger partial charge in [0.05, 0.1) is 0 Å². The highest BCUT2D eigenvalue weighted by molar-refractivity contribution is 5.98. The van der Waals surface area contributed by atoms with Crippen molar-refractivity contribution in [1.82, 2.24) is 0 Å². The minimum atomic E-state index is 0.0972. The topological polar surface area (TPSA) is 67.8 Å². The zero-order chi connectivity index (χ0) is 13.8. The fraction of sp³-hybridized carbons (Fsp3) is 0.133. The molecule has 0 aliphatic carbocycles. The average Bonchev–Trinajstić information content (AvgIpc) is 2.41. The summed E-state index contributed by atoms with van der Waals surface area (Å²) in [7, 11) is 0. The van der Waals surface area contributed by atoms with Crippen molar-refractivity contribution >= 4 is 5.84 Å². The van der Waals surface area contributed by atoms with Crippen molar-refractivity contribution in [2.24, 2.45) is 10.9 Å². The minimum absolute atomic E-state index is 0.0972. The molecule has 0 unspecified atom stereocenters. The zero-order valence-electron chi connectivity index (χ0n) is 10.9. The molecule has 0 aliphatic rings. The molecule has 0 heterocycles. The number of ether oxygens (including phenoxy) is 1. The summed E-state index contributed by atoms with van der Waals surface area (Å²) in [5, 5.41) is 11.7. The second kappa shape index (κ2) is 5.44. The molecule has 4 nitrogen and oxygen atoms in total. The normalized spacial score (nSPS) is 11.4. The van der Waals surface area contributed by atoms with E-state index in [1.54, 1.807) is 12.1 Å². The van der Waals surface area contributed by atoms with Gasteiger partial charge in [-0.25, -0.2) is 0 Å². The van der Waals surface area contributed by atoms with E-state index in [-0.39, 0.29) is 5.84 Å². The van der Waals surface area contributed by atoms with Crippen LogP contribution in [0.2, 0.25) is 0 Å². The summed E-state index contributed by atoms with van der Waals surface area (Å²) in [5.41, 5.74) is 8.24. The van der Waals surface area contributed by atoms with Gasteiger partial charge in [0, 0.05) is 5.56 Å². The first-order valence-electron chi connectivity index (χ1n) is 5.94. The lowest BCUT2D eigenvalue weighted by Crippen LogP contribution is -2.14. The molecule has 0 bridgehead atoms. The van der Waals surface area contributed by atoms with Crippen LogP contribution in [0.15, 0.2) is 47.6 Å². The highest BCUT2D eigenvalue weighted by Gasteiger charge is 2.06. The Balaban J connectivity index is 2.29. The third-order valence-electron chi connectivity index (χ3n) is 2.90. The molecule has 4 heteroatoms. The van der Waals surface area contributed by atoms with Crippen LogP contribution in [0.5, 0.6) is 11.5 Å². The van der Waals surface area contributed by atoms with Gasteiger partial charge in [-0.05, 0) is 49.2 Å². The molecule has 98 valence electrons. The number of rotatable bonds is 3. The van der Waals surface area contributed by atoms with Gasteiger partial charge in [-0.1, -0.05) is 23.4 Å². The second-order valence-corrected chi connectivity index (χ2v) is 4.33. The van der Waals surface area contributed by atoms with Crippen molar-refractivity contribution in [2.75, 3.05) is 0 Å². The quantitative estimate of drug-likeness (QED) is 0.383. The van der Waals surface area contributed by atoms with Gasteiger partial charge in [0.15, 0.2) is 5.84 Å². The lowest BCUT2D eigenvalue weighted by atomic mass is 10.1. The maximum atomic E-state index is 8.69. The van der Waals surface area contributed by atoms with E-state index >= 15 is 0 Å². The Hall–Kier alpha value is -2.49. The van der Waals surface area contributed by atoms with Crippen LogP contribution in [0.4, 0.5) is 0 Å². The Morgan fingerprint density at radius 2 is 1.84 bits per heavy atom. The molecule has 3 N–H and O–H groups in total. The van der Waals surface area contributed by atoms with Crippen LogP contribution in [0.1, 0.15) is 16.7 Å². The van der Waals surface area contributed by atoms with E-state index in [9.17, 15) is 0 Å². The molecule has 19 heavy (non-hydrogen) atoms. The number of amidine groups is 1. The largest absolute Gasteiger partial charge is 0.457 e. The fourth-order valence-corrected chi connectivity index (χ4v) is 1.84. The van der Waals surface area contributed by atoms with Crippen LogP contribution in [0.3, 0.4) is 0 Å². The van der Waals surface area contributed by atoms with Crippen LogP contribution in [0.25, 0.3) is 0 Å². The molecule has 0 amide bonds. The first kappa shape index (κ1) is 13.0. The molecule has 2 rings (SSSR count). The Labute approximate surface area is 112 Å². The van der Waals surface area contributed by atoms with Gasteiger partial charge in [-0.3, -0.25) is 0 Å². The molecule has 0 saturated heterocycles. The maximum absolute atomic E-state index is 8.69. The predicted octanol–water partition coefficient (Wildman–Crippen LogP) is 3.19. The maximum Gasteiger partial charge on any atom is 0.170 e. The van der Waals surface area contributed by atoms with E-state index in [1.807, 2.05) is 44.2 Å². The molecule has 2 aromatic carbocycles. The van der Waals surface area contributed by atoms with Crippen LogP contribution >= 0.6 is 0 Å². The van der Waals surface area contributed by atoms with E-state index in [1.165, 1.54) is 0 Å². The number of aryl methyl sites for hydroxylation is 2. The number of hydrogen-bond acceptors (Lipinski definition) is 3. The van der Waals surface area contributed by atoms with E-state index in [0.29, 0.717) is 5.56 Å². The van der Waals surface area contributed by atoms with E-state index in [2.05, 4.69) is 5.16 Å². The molecular weight excluding hydrogens is 240 g/mol. The zero-order valence-corrected chi connectivity index (χ0v) is 10.9. The first-order valence-corrected chi connectivity index (χ1v) is 5.94. The minimum Gasteiger partial charge on any atom is -0.457 e. The lowest BCUT2D eigenvalue weighted by Gasteiger charge is -2.10. The van der Waals surface area contributed by atoms with Crippen molar-refractivity contribution < 1.29 is 9.94 Å². The molecular formula is C15H16N2O2. The van der Waals surface area contributed by atoms with Gasteiger partial charge in [0.25, 0.3) is 0 Å². The summed E-state index contributed by atoms with van der Waals surface area (Å²) in [6.45, 7) is 3.88. The Bertz CT molecular complexity index is 621. The number of benzene rings is 2. The Kier molecular flexibility index (Phi) is 3.71. The Morgan fingerprint density at radius 1 is 1.11 bits per heavy atom. The van der Waals surface area contributed by atoms with Crippen LogP contribution in [-0.2, 0) is 0 Å². The highest BCUT2D eigenvalue weighted by atomic mass is 16.5. The average molecular weight is 256 g/mol. The van der Waals surface area contributed by atoms with E-state index < -0.39 is 0 Å². The van der Waals surface area contributed by atoms with Gasteiger partial charge in [0.2, 0.25) is 0 Å². The summed E-state index contributed by atoms with van der Waals surface area (Å²) in [6.07, 6.45) is 0. The fourth-order valence-electron chi connectivity index (χ4n) is 1.84. The van der Waals surface area contributed by atoms with E-state index in [4.69, 9.17) is 15.7 Å². The number of hydrogen-bond donors (Lipinski definition) is 2. The molecule has 0 aliphatic heterocycles. The third kappa shape index (κ3) is 2.85. The smallest absolute Gasteiger partial charge is 0.170 e. The van der Waals surface area contributed by atoms with E-state index in [0.717, 1.165) is 22.6 Å². The van der Waals surface area contributed by atoms with Crippen LogP contribution in [-0.4, -0.2) is 11.0 Å². The standard InChI is InChI=1S/C15H16N2O2/c1-10-5-3-4-6-14(10)19-12-7-8-13(11(2)9-12)15(16)17-18/h3-9,18H,1-2H3,(H2,16,17). The van der Waals surface area contributed by atoms with Crippen molar-refractivity contribution in [3.05, 3.63) is 59.2 Å². The van der Waals surface area contributed by atoms with Gasteiger partial charge in [-0.15, -0.1) is 0 Å². The number of nitrogens with two attached hydrogens (primary N) is 1. The van der Waals surface area contributed by atoms with Crippen molar-refractivity contribution in [3.8, 4) is 11.5 Å². The summed E-state index contributed by atoms with van der Waals surface area (Å²) < 4.78 is 5.82. The summed E-state index contributed by atoms with van der Waals surface area (Å²) in [4.78, 5) is 0. The SMILES string of the molecule is Cc1ccccc1Oc1ccc(/C(N)=N/O)c(C)c1. The second-order valence-electron chi connectivity index (χ2n) is 4.33. The molecule has 0 radical (unpaired) electrons. The summed E-state index contributed by atoms with van der Waals surface area (Å²) in [6, 6.07) is 13.2. The number of para-hydroxylation sites is 1. The molecule has 2 aromatic rings. The first-order chi connectivity index (χ1) is 9.11. The third-order valence-corrected chi connectivity index (χ3v) is 2.90. The highest BCUT2D eigenvalue weighted by Crippen LogP contribution is 2.26. The molecule has 0 fully saturated rings. The summed E-state index contributed by atoms with van der Waals surface area (Å²) in [5.74, 6) is 1.64.